The number of urea groups is 1. The summed E-state index contributed by atoms with van der Waals surface area (Å²) in [5.41, 5.74) is 12.3. The highest BCUT2D eigenvalue weighted by Gasteiger charge is 2.24. The molecule has 3 aromatic heterocycles. The first kappa shape index (κ1) is 27.7. The number of aliphatic carboxylic acids is 1. The van der Waals surface area contributed by atoms with Crippen molar-refractivity contribution >= 4 is 28.7 Å². The summed E-state index contributed by atoms with van der Waals surface area (Å²) < 4.78 is 1.82. The minimum absolute atomic E-state index is 0.209. The molecule has 1 saturated heterocycles. The van der Waals surface area contributed by atoms with Crippen molar-refractivity contribution < 1.29 is 14.7 Å². The Labute approximate surface area is 237 Å². The molecule has 210 valence electrons. The highest BCUT2D eigenvalue weighted by atomic mass is 16.4. The van der Waals surface area contributed by atoms with E-state index >= 15 is 0 Å². The first-order valence-corrected chi connectivity index (χ1v) is 13.6. The van der Waals surface area contributed by atoms with E-state index in [1.807, 2.05) is 41.9 Å². The van der Waals surface area contributed by atoms with Crippen molar-refractivity contribution in [3.63, 3.8) is 0 Å². The van der Waals surface area contributed by atoms with Gasteiger partial charge in [-0.25, -0.2) is 14.8 Å². The van der Waals surface area contributed by atoms with E-state index in [0.29, 0.717) is 12.8 Å². The SMILES string of the molecule is CNC(N)=O.Cc1cc2ncc3cc(-c4ccccc4)c(-c4ccc(CN5CCC(C(=O)O)CC5)cc4)nc3n2n1. The van der Waals surface area contributed by atoms with Gasteiger partial charge in [0.05, 0.1) is 17.3 Å². The second-order valence-corrected chi connectivity index (χ2v) is 10.2. The standard InChI is InChI=1S/C29H27N5O2.C2H6N2O/c1-19-15-26-30-17-24-16-25(21-5-3-2-4-6-21)27(31-28(24)34(26)32-19)22-9-7-20(8-10-22)18-33-13-11-23(12-14-33)29(35)36;1-4-2(3)5/h2-10,15-17,23H,11-14,18H2,1H3,(H,35,36);1H3,(H3,3,4,5). The third-order valence-electron chi connectivity index (χ3n) is 7.28. The summed E-state index contributed by atoms with van der Waals surface area (Å²) in [6.45, 7) is 4.41. The molecule has 10 heteroatoms. The van der Waals surface area contributed by atoms with Gasteiger partial charge in [0.15, 0.2) is 11.3 Å². The van der Waals surface area contributed by atoms with E-state index in [4.69, 9.17) is 4.98 Å². The van der Waals surface area contributed by atoms with Crippen molar-refractivity contribution in [3.05, 3.63) is 84.2 Å². The molecule has 0 saturated carbocycles. The molecule has 2 aromatic carbocycles. The number of aryl methyl sites for hydroxylation is 1. The smallest absolute Gasteiger partial charge is 0.311 e. The van der Waals surface area contributed by atoms with Crippen LogP contribution in [-0.2, 0) is 11.3 Å². The van der Waals surface area contributed by atoms with E-state index in [9.17, 15) is 14.7 Å². The van der Waals surface area contributed by atoms with Crippen LogP contribution in [0.25, 0.3) is 39.1 Å². The monoisotopic (exact) mass is 551 g/mol. The number of nitrogens with two attached hydrogens (primary N) is 1. The predicted molar refractivity (Wildman–Crippen MR) is 158 cm³/mol. The average Bonchev–Trinajstić information content (AvgIpc) is 3.38. The second kappa shape index (κ2) is 12.1. The van der Waals surface area contributed by atoms with Crippen LogP contribution in [0.3, 0.4) is 0 Å². The maximum atomic E-state index is 11.2. The molecule has 6 rings (SSSR count). The molecule has 1 aliphatic rings. The number of nitrogens with one attached hydrogen (secondary N) is 1. The van der Waals surface area contributed by atoms with Gasteiger partial charge >= 0.3 is 12.0 Å². The Morgan fingerprint density at radius 3 is 2.34 bits per heavy atom. The van der Waals surface area contributed by atoms with Gasteiger partial charge in [0.2, 0.25) is 0 Å². The molecule has 0 bridgehead atoms. The fourth-order valence-electron chi connectivity index (χ4n) is 5.08. The van der Waals surface area contributed by atoms with Crippen molar-refractivity contribution in [2.24, 2.45) is 11.7 Å². The Balaban J connectivity index is 0.000000623. The fraction of sp³-hybridized carbons (Fsp3) is 0.258. The number of piperidine rings is 1. The normalized spacial score (nSPS) is 14.0. The second-order valence-electron chi connectivity index (χ2n) is 10.2. The lowest BCUT2D eigenvalue weighted by atomic mass is 9.96. The van der Waals surface area contributed by atoms with Crippen molar-refractivity contribution in [1.29, 1.82) is 0 Å². The van der Waals surface area contributed by atoms with Gasteiger partial charge in [-0.1, -0.05) is 54.6 Å². The van der Waals surface area contributed by atoms with Crippen molar-refractivity contribution in [2.75, 3.05) is 20.1 Å². The van der Waals surface area contributed by atoms with Crippen LogP contribution in [0.5, 0.6) is 0 Å². The van der Waals surface area contributed by atoms with Crippen LogP contribution in [0.4, 0.5) is 4.79 Å². The number of hydrogen-bond acceptors (Lipinski definition) is 6. The molecule has 1 fully saturated rings. The van der Waals surface area contributed by atoms with Gasteiger partial charge in [-0.05, 0) is 50.0 Å². The van der Waals surface area contributed by atoms with E-state index in [1.165, 1.54) is 12.6 Å². The molecule has 4 heterocycles. The maximum absolute atomic E-state index is 11.2. The van der Waals surface area contributed by atoms with E-state index in [0.717, 1.165) is 64.4 Å². The molecule has 0 aliphatic carbocycles. The summed E-state index contributed by atoms with van der Waals surface area (Å²) in [6, 6.07) is 22.5. The molecule has 0 atom stereocenters. The minimum Gasteiger partial charge on any atom is -0.481 e. The van der Waals surface area contributed by atoms with E-state index in [2.05, 4.69) is 68.5 Å². The number of benzene rings is 2. The number of rotatable bonds is 5. The third-order valence-corrected chi connectivity index (χ3v) is 7.28. The number of aromatic nitrogens is 4. The Bertz CT molecular complexity index is 1680. The number of fused-ring (bicyclic) bond motifs is 3. The Kier molecular flexibility index (Phi) is 8.21. The van der Waals surface area contributed by atoms with Gasteiger partial charge in [0, 0.05) is 42.4 Å². The number of primary amides is 1. The fourth-order valence-corrected chi connectivity index (χ4v) is 5.08. The zero-order chi connectivity index (χ0) is 28.9. The number of amides is 2. The number of carbonyl (C=O) groups is 2. The van der Waals surface area contributed by atoms with Crippen LogP contribution < -0.4 is 11.1 Å². The molecule has 4 N–H and O–H groups in total. The Morgan fingerprint density at radius 2 is 1.71 bits per heavy atom. The van der Waals surface area contributed by atoms with Gasteiger partial charge in [0.1, 0.15) is 0 Å². The Morgan fingerprint density at radius 1 is 1.02 bits per heavy atom. The number of pyridine rings is 1. The van der Waals surface area contributed by atoms with E-state index in [-0.39, 0.29) is 5.92 Å². The van der Waals surface area contributed by atoms with Crippen LogP contribution in [0, 0.1) is 12.8 Å². The van der Waals surface area contributed by atoms with Gasteiger partial charge in [-0.2, -0.15) is 9.61 Å². The minimum atomic E-state index is -0.672. The van der Waals surface area contributed by atoms with Crippen LogP contribution in [-0.4, -0.2) is 61.7 Å². The molecule has 5 aromatic rings. The number of likely N-dealkylation sites (tertiary alicyclic amines) is 1. The lowest BCUT2D eigenvalue weighted by Crippen LogP contribution is -2.35. The van der Waals surface area contributed by atoms with Gasteiger partial charge < -0.3 is 16.2 Å². The molecular formula is C31H33N7O3. The highest BCUT2D eigenvalue weighted by molar-refractivity contribution is 5.90. The lowest BCUT2D eigenvalue weighted by Gasteiger charge is -2.30. The Hall–Kier alpha value is -4.83. The molecular weight excluding hydrogens is 518 g/mol. The zero-order valence-corrected chi connectivity index (χ0v) is 23.1. The molecule has 0 unspecified atom stereocenters. The van der Waals surface area contributed by atoms with Crippen LogP contribution in [0.1, 0.15) is 24.1 Å². The number of carboxylic acids is 1. The first-order chi connectivity index (χ1) is 19.8. The number of carbonyl (C=O) groups excluding carboxylic acids is 1. The van der Waals surface area contributed by atoms with E-state index in [1.54, 1.807) is 0 Å². The number of nitrogens with zero attached hydrogens (tertiary/aromatic N) is 5. The average molecular weight is 552 g/mol. The van der Waals surface area contributed by atoms with Gasteiger partial charge in [0.25, 0.3) is 0 Å². The van der Waals surface area contributed by atoms with Gasteiger partial charge in [-0.3, -0.25) is 9.69 Å². The van der Waals surface area contributed by atoms with Crippen molar-refractivity contribution in [1.82, 2.24) is 29.8 Å². The summed E-state index contributed by atoms with van der Waals surface area (Å²) in [7, 11) is 1.47. The molecule has 10 nitrogen and oxygen atoms in total. The van der Waals surface area contributed by atoms with Crippen LogP contribution >= 0.6 is 0 Å². The van der Waals surface area contributed by atoms with E-state index < -0.39 is 12.0 Å². The third kappa shape index (κ3) is 6.33. The molecule has 2 amide bonds. The zero-order valence-electron chi connectivity index (χ0n) is 23.1. The topological polar surface area (TPSA) is 139 Å². The number of carboxylic acid groups (broad SMARTS) is 1. The highest BCUT2D eigenvalue weighted by Crippen LogP contribution is 2.33. The van der Waals surface area contributed by atoms with Crippen LogP contribution in [0.15, 0.2) is 72.9 Å². The maximum Gasteiger partial charge on any atom is 0.311 e. The summed E-state index contributed by atoms with van der Waals surface area (Å²) in [4.78, 5) is 32.8. The molecule has 1 aliphatic heterocycles. The quantitative estimate of drug-likeness (QED) is 0.292. The largest absolute Gasteiger partial charge is 0.481 e. The van der Waals surface area contributed by atoms with Crippen LogP contribution in [0.2, 0.25) is 0 Å². The van der Waals surface area contributed by atoms with Crippen molar-refractivity contribution in [3.8, 4) is 22.4 Å². The summed E-state index contributed by atoms with van der Waals surface area (Å²) in [5.74, 6) is -0.881. The van der Waals surface area contributed by atoms with Gasteiger partial charge in [-0.15, -0.1) is 0 Å². The first-order valence-electron chi connectivity index (χ1n) is 13.6. The predicted octanol–water partition coefficient (Wildman–Crippen LogP) is 4.50. The summed E-state index contributed by atoms with van der Waals surface area (Å²) >= 11 is 0. The number of hydrogen-bond donors (Lipinski definition) is 3. The lowest BCUT2D eigenvalue weighted by molar-refractivity contribution is -0.143. The summed E-state index contributed by atoms with van der Waals surface area (Å²) in [5, 5.41) is 17.0. The molecule has 41 heavy (non-hydrogen) atoms. The molecule has 0 spiro atoms. The molecule has 0 radical (unpaired) electrons. The van der Waals surface area contributed by atoms with Crippen molar-refractivity contribution in [2.45, 2.75) is 26.3 Å². The summed E-state index contributed by atoms with van der Waals surface area (Å²) in [6.07, 6.45) is 3.29.